The summed E-state index contributed by atoms with van der Waals surface area (Å²) >= 11 is 0. The summed E-state index contributed by atoms with van der Waals surface area (Å²) in [4.78, 5) is 10.5. The van der Waals surface area contributed by atoms with Crippen LogP contribution < -0.4 is 0 Å². The van der Waals surface area contributed by atoms with Gasteiger partial charge in [0.25, 0.3) is 5.69 Å². The van der Waals surface area contributed by atoms with Crippen LogP contribution in [0.25, 0.3) is 11.1 Å². The summed E-state index contributed by atoms with van der Waals surface area (Å²) in [5, 5.41) is 10.9. The maximum Gasteiger partial charge on any atom is 0.269 e. The minimum Gasteiger partial charge on any atom is -0.258 e. The third kappa shape index (κ3) is 4.55. The Morgan fingerprint density at radius 1 is 0.786 bits per heavy atom. The van der Waals surface area contributed by atoms with Gasteiger partial charge in [0.05, 0.1) is 4.92 Å². The van der Waals surface area contributed by atoms with Gasteiger partial charge in [0.15, 0.2) is 0 Å². The van der Waals surface area contributed by atoms with Gasteiger partial charge in [0, 0.05) is 23.3 Å². The maximum atomic E-state index is 10.9. The quantitative estimate of drug-likeness (QED) is 0.240. The molecular formula is C25H21NO2. The molecule has 3 heteroatoms. The van der Waals surface area contributed by atoms with Crippen LogP contribution in [0.5, 0.6) is 0 Å². The fourth-order valence-corrected chi connectivity index (χ4v) is 2.85. The molecule has 0 saturated carbocycles. The van der Waals surface area contributed by atoms with Crippen LogP contribution in [0.3, 0.4) is 0 Å². The molecule has 0 spiro atoms. The summed E-state index contributed by atoms with van der Waals surface area (Å²) in [6.45, 7) is 6.10. The summed E-state index contributed by atoms with van der Waals surface area (Å²) in [7, 11) is 0. The largest absolute Gasteiger partial charge is 0.269 e. The number of benzene rings is 3. The van der Waals surface area contributed by atoms with Crippen molar-refractivity contribution in [3.63, 3.8) is 0 Å². The number of allylic oxidation sites excluding steroid dienone is 2. The monoisotopic (exact) mass is 367 g/mol. The second kappa shape index (κ2) is 8.37. The van der Waals surface area contributed by atoms with E-state index < -0.39 is 0 Å². The SMILES string of the molecule is C/C(=C(/C#Cc1ccc(C)cc1)c1ccc(C)cc1)c1ccc([N+](=O)[O-])cc1. The molecule has 0 amide bonds. The predicted molar refractivity (Wildman–Crippen MR) is 115 cm³/mol. The molecule has 0 aliphatic carbocycles. The second-order valence-electron chi connectivity index (χ2n) is 6.79. The minimum absolute atomic E-state index is 0.0826. The summed E-state index contributed by atoms with van der Waals surface area (Å²) in [6, 6.07) is 22.9. The standard InChI is InChI=1S/C25H21NO2/c1-18-4-8-21(9-5-18)10-17-25(23-11-6-19(2)7-12-23)20(3)22-13-15-24(16-14-22)26(27)28/h4-9,11-16H,1-3H3/b25-20+. The number of non-ortho nitro benzene ring substituents is 1. The Hall–Kier alpha value is -3.64. The second-order valence-corrected chi connectivity index (χ2v) is 6.79. The molecule has 0 aliphatic heterocycles. The van der Waals surface area contributed by atoms with E-state index in [0.717, 1.165) is 27.8 Å². The predicted octanol–water partition coefficient (Wildman–Crippen LogP) is 6.19. The highest BCUT2D eigenvalue weighted by atomic mass is 16.6. The van der Waals surface area contributed by atoms with Crippen LogP contribution in [-0.4, -0.2) is 4.92 Å². The van der Waals surface area contributed by atoms with Gasteiger partial charge in [-0.15, -0.1) is 0 Å². The summed E-state index contributed by atoms with van der Waals surface area (Å²) < 4.78 is 0. The van der Waals surface area contributed by atoms with Crippen LogP contribution in [0.2, 0.25) is 0 Å². The number of aryl methyl sites for hydroxylation is 2. The molecule has 0 unspecified atom stereocenters. The first kappa shape index (κ1) is 19.1. The van der Waals surface area contributed by atoms with E-state index in [2.05, 4.69) is 36.1 Å². The molecule has 28 heavy (non-hydrogen) atoms. The van der Waals surface area contributed by atoms with E-state index in [1.54, 1.807) is 12.1 Å². The van der Waals surface area contributed by atoms with Gasteiger partial charge in [0.2, 0.25) is 0 Å². The lowest BCUT2D eigenvalue weighted by molar-refractivity contribution is -0.384. The van der Waals surface area contributed by atoms with Gasteiger partial charge in [-0.05, 0) is 61.7 Å². The van der Waals surface area contributed by atoms with Crippen LogP contribution in [0, 0.1) is 35.8 Å². The summed E-state index contributed by atoms with van der Waals surface area (Å²) in [5.74, 6) is 6.57. The molecule has 0 N–H and O–H groups in total. The Balaban J connectivity index is 2.09. The van der Waals surface area contributed by atoms with E-state index in [-0.39, 0.29) is 10.6 Å². The van der Waals surface area contributed by atoms with Gasteiger partial charge < -0.3 is 0 Å². The first-order chi connectivity index (χ1) is 13.4. The van der Waals surface area contributed by atoms with Crippen molar-refractivity contribution in [3.05, 3.63) is 111 Å². The Kier molecular flexibility index (Phi) is 5.72. The zero-order chi connectivity index (χ0) is 20.1. The molecule has 0 radical (unpaired) electrons. The minimum atomic E-state index is -0.388. The third-order valence-electron chi connectivity index (χ3n) is 4.61. The molecule has 3 aromatic carbocycles. The smallest absolute Gasteiger partial charge is 0.258 e. The number of nitro groups is 1. The van der Waals surface area contributed by atoms with E-state index in [4.69, 9.17) is 0 Å². The van der Waals surface area contributed by atoms with E-state index >= 15 is 0 Å². The fourth-order valence-electron chi connectivity index (χ4n) is 2.85. The molecule has 138 valence electrons. The van der Waals surface area contributed by atoms with Gasteiger partial charge in [-0.25, -0.2) is 0 Å². The van der Waals surface area contributed by atoms with Crippen LogP contribution in [-0.2, 0) is 0 Å². The topological polar surface area (TPSA) is 43.1 Å². The van der Waals surface area contributed by atoms with Crippen molar-refractivity contribution in [1.82, 2.24) is 0 Å². The highest BCUT2D eigenvalue weighted by Crippen LogP contribution is 2.27. The van der Waals surface area contributed by atoms with E-state index in [1.807, 2.05) is 45.0 Å². The Morgan fingerprint density at radius 3 is 1.82 bits per heavy atom. The van der Waals surface area contributed by atoms with Crippen molar-refractivity contribution in [1.29, 1.82) is 0 Å². The van der Waals surface area contributed by atoms with Crippen LogP contribution >= 0.6 is 0 Å². The zero-order valence-electron chi connectivity index (χ0n) is 16.2. The lowest BCUT2D eigenvalue weighted by atomic mass is 9.95. The lowest BCUT2D eigenvalue weighted by Gasteiger charge is -2.08. The average molecular weight is 367 g/mol. The van der Waals surface area contributed by atoms with Gasteiger partial charge in [-0.2, -0.15) is 0 Å². The third-order valence-corrected chi connectivity index (χ3v) is 4.61. The van der Waals surface area contributed by atoms with Gasteiger partial charge in [-0.3, -0.25) is 10.1 Å². The van der Waals surface area contributed by atoms with Gasteiger partial charge >= 0.3 is 0 Å². The van der Waals surface area contributed by atoms with Gasteiger partial charge in [-0.1, -0.05) is 59.4 Å². The Bertz CT molecular complexity index is 1080. The van der Waals surface area contributed by atoms with Crippen LogP contribution in [0.4, 0.5) is 5.69 Å². The number of hydrogen-bond acceptors (Lipinski definition) is 2. The maximum absolute atomic E-state index is 10.9. The molecule has 0 aliphatic rings. The normalized spacial score (nSPS) is 11.2. The number of nitrogens with zero attached hydrogens (tertiary/aromatic N) is 1. The molecule has 0 atom stereocenters. The molecule has 0 fully saturated rings. The molecule has 0 heterocycles. The van der Waals surface area contributed by atoms with E-state index in [0.29, 0.717) is 0 Å². The zero-order valence-corrected chi connectivity index (χ0v) is 16.2. The Morgan fingerprint density at radius 2 is 1.29 bits per heavy atom. The molecule has 0 bridgehead atoms. The highest BCUT2D eigenvalue weighted by Gasteiger charge is 2.09. The summed E-state index contributed by atoms with van der Waals surface area (Å²) in [6.07, 6.45) is 0. The molecule has 0 saturated heterocycles. The van der Waals surface area contributed by atoms with Crippen molar-refractivity contribution >= 4 is 16.8 Å². The van der Waals surface area contributed by atoms with Crippen molar-refractivity contribution in [2.45, 2.75) is 20.8 Å². The molecule has 3 aromatic rings. The molecule has 0 aromatic heterocycles. The van der Waals surface area contributed by atoms with Crippen molar-refractivity contribution in [2.75, 3.05) is 0 Å². The average Bonchev–Trinajstić information content (AvgIpc) is 2.70. The van der Waals surface area contributed by atoms with Crippen molar-refractivity contribution < 1.29 is 4.92 Å². The van der Waals surface area contributed by atoms with E-state index in [1.165, 1.54) is 23.3 Å². The fraction of sp³-hybridized carbons (Fsp3) is 0.120. The first-order valence-electron chi connectivity index (χ1n) is 9.05. The van der Waals surface area contributed by atoms with Crippen molar-refractivity contribution in [2.24, 2.45) is 0 Å². The Labute approximate surface area is 165 Å². The highest BCUT2D eigenvalue weighted by molar-refractivity contribution is 5.98. The van der Waals surface area contributed by atoms with Crippen LogP contribution in [0.1, 0.15) is 34.7 Å². The number of hydrogen-bond donors (Lipinski definition) is 0. The first-order valence-corrected chi connectivity index (χ1v) is 9.05. The summed E-state index contributed by atoms with van der Waals surface area (Å²) in [5.41, 5.74) is 7.25. The van der Waals surface area contributed by atoms with E-state index in [9.17, 15) is 10.1 Å². The van der Waals surface area contributed by atoms with Crippen LogP contribution in [0.15, 0.2) is 72.8 Å². The number of nitro benzene ring substituents is 1. The molecule has 3 rings (SSSR count). The molecular weight excluding hydrogens is 346 g/mol. The number of rotatable bonds is 3. The van der Waals surface area contributed by atoms with Gasteiger partial charge in [0.1, 0.15) is 0 Å². The molecule has 3 nitrogen and oxygen atoms in total. The van der Waals surface area contributed by atoms with Crippen molar-refractivity contribution in [3.8, 4) is 11.8 Å². The lowest BCUT2D eigenvalue weighted by Crippen LogP contribution is -1.91.